The average Bonchev–Trinajstić information content (AvgIpc) is 2.58. The lowest BCUT2D eigenvalue weighted by molar-refractivity contribution is 0.413. The molecule has 0 radical (unpaired) electrons. The molecule has 1 heterocycles. The minimum Gasteiger partial charge on any atom is -0.496 e. The van der Waals surface area contributed by atoms with Crippen molar-refractivity contribution in [1.29, 1.82) is 0 Å². The van der Waals surface area contributed by atoms with Gasteiger partial charge in [0.2, 0.25) is 0 Å². The predicted molar refractivity (Wildman–Crippen MR) is 75.4 cm³/mol. The maximum atomic E-state index is 5.39. The van der Waals surface area contributed by atoms with Crippen molar-refractivity contribution in [2.45, 2.75) is 19.3 Å². The highest BCUT2D eigenvalue weighted by Crippen LogP contribution is 2.27. The minimum absolute atomic E-state index is 0.943. The molecule has 1 aliphatic rings. The number of hydrogen-bond donors (Lipinski definition) is 1. The van der Waals surface area contributed by atoms with E-state index in [-0.39, 0.29) is 0 Å². The van der Waals surface area contributed by atoms with Gasteiger partial charge in [0, 0.05) is 10.0 Å². The minimum atomic E-state index is 0.943. The molecule has 0 bridgehead atoms. The van der Waals surface area contributed by atoms with E-state index in [9.17, 15) is 0 Å². The summed E-state index contributed by atoms with van der Waals surface area (Å²) in [5.41, 5.74) is 2.67. The summed E-state index contributed by atoms with van der Waals surface area (Å²) in [6.07, 6.45) is 5.82. The zero-order valence-electron chi connectivity index (χ0n) is 10.1. The van der Waals surface area contributed by atoms with Crippen LogP contribution in [0.2, 0.25) is 0 Å². The molecule has 3 heteroatoms. The van der Waals surface area contributed by atoms with Crippen molar-refractivity contribution in [2.24, 2.45) is 0 Å². The summed E-state index contributed by atoms with van der Waals surface area (Å²) >= 11 is 3.51. The molecule has 0 saturated carbocycles. The fourth-order valence-electron chi connectivity index (χ4n) is 2.12. The average molecular weight is 296 g/mol. The van der Waals surface area contributed by atoms with Gasteiger partial charge in [0.25, 0.3) is 0 Å². The van der Waals surface area contributed by atoms with E-state index in [1.54, 1.807) is 7.11 Å². The molecule has 2 rings (SSSR count). The maximum absolute atomic E-state index is 5.39. The van der Waals surface area contributed by atoms with E-state index in [1.807, 2.05) is 12.1 Å². The standard InChI is InChI=1S/C14H18BrNO/c1-17-14-5-4-13(15)10-12(14)9-11-3-2-7-16-8-6-11/h4-5,9-10,16H,2-3,6-8H2,1H3/b11-9-. The molecule has 1 saturated heterocycles. The molecule has 1 aromatic rings. The van der Waals surface area contributed by atoms with E-state index in [0.29, 0.717) is 0 Å². The quantitative estimate of drug-likeness (QED) is 0.900. The largest absolute Gasteiger partial charge is 0.496 e. The summed E-state index contributed by atoms with van der Waals surface area (Å²) in [7, 11) is 1.72. The van der Waals surface area contributed by atoms with Gasteiger partial charge in [0.1, 0.15) is 5.75 Å². The van der Waals surface area contributed by atoms with Crippen LogP contribution in [0.3, 0.4) is 0 Å². The van der Waals surface area contributed by atoms with Gasteiger partial charge in [-0.3, -0.25) is 0 Å². The zero-order chi connectivity index (χ0) is 12.1. The molecule has 0 amide bonds. The lowest BCUT2D eigenvalue weighted by atomic mass is 10.0. The monoisotopic (exact) mass is 295 g/mol. The first-order valence-corrected chi connectivity index (χ1v) is 6.82. The van der Waals surface area contributed by atoms with Crippen LogP contribution in [0.5, 0.6) is 5.75 Å². The third kappa shape index (κ3) is 3.58. The van der Waals surface area contributed by atoms with Crippen molar-refractivity contribution >= 4 is 22.0 Å². The van der Waals surface area contributed by atoms with Crippen molar-refractivity contribution < 1.29 is 4.74 Å². The topological polar surface area (TPSA) is 21.3 Å². The van der Waals surface area contributed by atoms with Crippen LogP contribution in [0, 0.1) is 0 Å². The molecule has 0 unspecified atom stereocenters. The van der Waals surface area contributed by atoms with Gasteiger partial charge in [-0.05, 0) is 50.6 Å². The van der Waals surface area contributed by atoms with Crippen molar-refractivity contribution in [3.63, 3.8) is 0 Å². The van der Waals surface area contributed by atoms with Gasteiger partial charge in [-0.1, -0.05) is 27.6 Å². The van der Waals surface area contributed by atoms with Crippen LogP contribution >= 0.6 is 15.9 Å². The van der Waals surface area contributed by atoms with Gasteiger partial charge >= 0.3 is 0 Å². The Morgan fingerprint density at radius 3 is 3.00 bits per heavy atom. The van der Waals surface area contributed by atoms with Crippen LogP contribution in [0.15, 0.2) is 28.2 Å². The molecule has 0 aromatic heterocycles. The van der Waals surface area contributed by atoms with E-state index in [0.717, 1.165) is 29.7 Å². The second-order valence-electron chi connectivity index (χ2n) is 4.29. The van der Waals surface area contributed by atoms with Gasteiger partial charge in [-0.2, -0.15) is 0 Å². The molecular weight excluding hydrogens is 278 g/mol. The van der Waals surface area contributed by atoms with Crippen molar-refractivity contribution in [3.8, 4) is 5.75 Å². The second-order valence-corrected chi connectivity index (χ2v) is 5.21. The number of rotatable bonds is 2. The normalized spacial score (nSPS) is 19.1. The third-order valence-corrected chi connectivity index (χ3v) is 3.52. The molecule has 1 fully saturated rings. The van der Waals surface area contributed by atoms with E-state index >= 15 is 0 Å². The first-order chi connectivity index (χ1) is 8.29. The molecular formula is C14H18BrNO. The van der Waals surface area contributed by atoms with Gasteiger partial charge in [-0.25, -0.2) is 0 Å². The van der Waals surface area contributed by atoms with Crippen molar-refractivity contribution in [3.05, 3.63) is 33.8 Å². The molecule has 2 nitrogen and oxygen atoms in total. The Morgan fingerprint density at radius 1 is 1.29 bits per heavy atom. The van der Waals surface area contributed by atoms with Gasteiger partial charge < -0.3 is 10.1 Å². The SMILES string of the molecule is COc1ccc(Br)cc1/C=C1/CCCNCC1. The van der Waals surface area contributed by atoms with Crippen LogP contribution < -0.4 is 10.1 Å². The molecule has 0 spiro atoms. The number of nitrogens with one attached hydrogen (secondary N) is 1. The second kappa shape index (κ2) is 6.22. The predicted octanol–water partition coefficient (Wildman–Crippen LogP) is 3.61. The van der Waals surface area contributed by atoms with Crippen LogP contribution in [0.1, 0.15) is 24.8 Å². The molecule has 0 aliphatic carbocycles. The third-order valence-electron chi connectivity index (χ3n) is 3.03. The van der Waals surface area contributed by atoms with Crippen molar-refractivity contribution in [1.82, 2.24) is 5.32 Å². The summed E-state index contributed by atoms with van der Waals surface area (Å²) < 4.78 is 6.49. The van der Waals surface area contributed by atoms with Gasteiger partial charge in [0.05, 0.1) is 7.11 Å². The molecule has 1 aliphatic heterocycles. The summed E-state index contributed by atoms with van der Waals surface area (Å²) in [6.45, 7) is 2.22. The summed E-state index contributed by atoms with van der Waals surface area (Å²) in [4.78, 5) is 0. The Hall–Kier alpha value is -0.800. The molecule has 1 N–H and O–H groups in total. The van der Waals surface area contributed by atoms with E-state index in [1.165, 1.54) is 24.0 Å². The maximum Gasteiger partial charge on any atom is 0.126 e. The summed E-state index contributed by atoms with van der Waals surface area (Å²) in [5, 5.41) is 3.42. The number of hydrogen-bond acceptors (Lipinski definition) is 2. The first kappa shape index (κ1) is 12.7. The summed E-state index contributed by atoms with van der Waals surface area (Å²) in [5.74, 6) is 0.943. The lowest BCUT2D eigenvalue weighted by Crippen LogP contribution is -2.13. The summed E-state index contributed by atoms with van der Waals surface area (Å²) in [6, 6.07) is 6.13. The number of methoxy groups -OCH3 is 1. The van der Waals surface area contributed by atoms with Gasteiger partial charge in [-0.15, -0.1) is 0 Å². The van der Waals surface area contributed by atoms with E-state index in [2.05, 4.69) is 33.4 Å². The Balaban J connectivity index is 2.25. The number of halogens is 1. The highest BCUT2D eigenvalue weighted by molar-refractivity contribution is 9.10. The van der Waals surface area contributed by atoms with E-state index < -0.39 is 0 Å². The molecule has 0 atom stereocenters. The Kier molecular flexibility index (Phi) is 4.63. The highest BCUT2D eigenvalue weighted by atomic mass is 79.9. The van der Waals surface area contributed by atoms with Crippen LogP contribution in [-0.4, -0.2) is 20.2 Å². The fraction of sp³-hybridized carbons (Fsp3) is 0.429. The van der Waals surface area contributed by atoms with Crippen molar-refractivity contribution in [2.75, 3.05) is 20.2 Å². The molecule has 17 heavy (non-hydrogen) atoms. The zero-order valence-corrected chi connectivity index (χ0v) is 11.7. The van der Waals surface area contributed by atoms with Crippen LogP contribution in [0.4, 0.5) is 0 Å². The van der Waals surface area contributed by atoms with Gasteiger partial charge in [0.15, 0.2) is 0 Å². The Bertz CT molecular complexity index is 405. The Labute approximate surface area is 111 Å². The van der Waals surface area contributed by atoms with Crippen LogP contribution in [-0.2, 0) is 0 Å². The molecule has 92 valence electrons. The number of benzene rings is 1. The molecule has 1 aromatic carbocycles. The van der Waals surface area contributed by atoms with E-state index in [4.69, 9.17) is 4.74 Å². The van der Waals surface area contributed by atoms with Crippen LogP contribution in [0.25, 0.3) is 6.08 Å². The Morgan fingerprint density at radius 2 is 2.18 bits per heavy atom. The number of ether oxygens (including phenoxy) is 1. The first-order valence-electron chi connectivity index (χ1n) is 6.03. The highest BCUT2D eigenvalue weighted by Gasteiger charge is 2.06. The fourth-order valence-corrected chi connectivity index (χ4v) is 2.50. The smallest absolute Gasteiger partial charge is 0.126 e. The lowest BCUT2D eigenvalue weighted by Gasteiger charge is -2.08.